The van der Waals surface area contributed by atoms with E-state index in [4.69, 9.17) is 10.5 Å². The maximum Gasteiger partial charge on any atom is 0.122 e. The molecular weight excluding hydrogens is 224 g/mol. The van der Waals surface area contributed by atoms with Gasteiger partial charge in [0.1, 0.15) is 5.75 Å². The average Bonchev–Trinajstić information content (AvgIpc) is 2.32. The standard InChI is InChI=1S/C15H26N2O/c1-5-18-15-7-6-14(10-13(15)3)17(4)11-12(2)8-9-16/h6-7,10,12H,5,8-9,11,16H2,1-4H3. The molecule has 0 fully saturated rings. The first-order valence-corrected chi connectivity index (χ1v) is 6.73. The molecule has 1 unspecified atom stereocenters. The van der Waals surface area contributed by atoms with Crippen LogP contribution in [0.3, 0.4) is 0 Å². The molecule has 0 aromatic heterocycles. The minimum Gasteiger partial charge on any atom is -0.494 e. The molecule has 3 heteroatoms. The van der Waals surface area contributed by atoms with Crippen molar-refractivity contribution >= 4 is 5.69 Å². The highest BCUT2D eigenvalue weighted by Gasteiger charge is 2.08. The van der Waals surface area contributed by atoms with Crippen molar-refractivity contribution in [1.82, 2.24) is 0 Å². The van der Waals surface area contributed by atoms with E-state index in [9.17, 15) is 0 Å². The van der Waals surface area contributed by atoms with Crippen LogP contribution in [0.2, 0.25) is 0 Å². The Morgan fingerprint density at radius 1 is 1.39 bits per heavy atom. The topological polar surface area (TPSA) is 38.5 Å². The summed E-state index contributed by atoms with van der Waals surface area (Å²) in [7, 11) is 2.13. The number of aryl methyl sites for hydroxylation is 1. The molecule has 0 bridgehead atoms. The summed E-state index contributed by atoms with van der Waals surface area (Å²) in [6.07, 6.45) is 1.07. The Bertz CT molecular complexity index is 366. The van der Waals surface area contributed by atoms with Gasteiger partial charge in [-0.2, -0.15) is 0 Å². The summed E-state index contributed by atoms with van der Waals surface area (Å²) >= 11 is 0. The third-order valence-electron chi connectivity index (χ3n) is 3.14. The van der Waals surface area contributed by atoms with E-state index in [1.54, 1.807) is 0 Å². The maximum absolute atomic E-state index is 5.59. The Hall–Kier alpha value is -1.22. The van der Waals surface area contributed by atoms with Crippen LogP contribution in [-0.4, -0.2) is 26.7 Å². The molecule has 3 nitrogen and oxygen atoms in total. The number of nitrogens with two attached hydrogens (primary N) is 1. The van der Waals surface area contributed by atoms with Crippen LogP contribution in [0.15, 0.2) is 18.2 Å². The Labute approximate surface area is 111 Å². The zero-order valence-corrected chi connectivity index (χ0v) is 12.1. The molecule has 0 aliphatic heterocycles. The molecule has 1 aromatic carbocycles. The third-order valence-corrected chi connectivity index (χ3v) is 3.14. The lowest BCUT2D eigenvalue weighted by molar-refractivity contribution is 0.338. The van der Waals surface area contributed by atoms with E-state index in [-0.39, 0.29) is 0 Å². The van der Waals surface area contributed by atoms with Gasteiger partial charge < -0.3 is 15.4 Å². The lowest BCUT2D eigenvalue weighted by Crippen LogP contribution is -2.25. The van der Waals surface area contributed by atoms with Crippen molar-refractivity contribution in [1.29, 1.82) is 0 Å². The summed E-state index contributed by atoms with van der Waals surface area (Å²) in [4.78, 5) is 2.28. The molecule has 2 N–H and O–H groups in total. The monoisotopic (exact) mass is 250 g/mol. The average molecular weight is 250 g/mol. The zero-order valence-electron chi connectivity index (χ0n) is 12.1. The second-order valence-corrected chi connectivity index (χ2v) is 4.95. The lowest BCUT2D eigenvalue weighted by atomic mass is 10.1. The van der Waals surface area contributed by atoms with Gasteiger partial charge in [-0.15, -0.1) is 0 Å². The van der Waals surface area contributed by atoms with Crippen molar-refractivity contribution in [2.24, 2.45) is 11.7 Å². The molecule has 0 heterocycles. The maximum atomic E-state index is 5.59. The van der Waals surface area contributed by atoms with Gasteiger partial charge in [0.2, 0.25) is 0 Å². The second-order valence-electron chi connectivity index (χ2n) is 4.95. The molecule has 1 aromatic rings. The van der Waals surface area contributed by atoms with Crippen LogP contribution in [0.25, 0.3) is 0 Å². The Kier molecular flexibility index (Phi) is 5.99. The lowest BCUT2D eigenvalue weighted by Gasteiger charge is -2.24. The fourth-order valence-corrected chi connectivity index (χ4v) is 2.14. The first-order valence-electron chi connectivity index (χ1n) is 6.73. The van der Waals surface area contributed by atoms with Crippen LogP contribution < -0.4 is 15.4 Å². The number of hydrogen-bond donors (Lipinski definition) is 1. The van der Waals surface area contributed by atoms with E-state index in [2.05, 4.69) is 44.0 Å². The Balaban J connectivity index is 2.68. The van der Waals surface area contributed by atoms with Gasteiger partial charge in [-0.3, -0.25) is 0 Å². The molecule has 1 atom stereocenters. The van der Waals surface area contributed by atoms with Crippen molar-refractivity contribution < 1.29 is 4.74 Å². The first kappa shape index (κ1) is 14.8. The normalized spacial score (nSPS) is 12.3. The van der Waals surface area contributed by atoms with Crippen molar-refractivity contribution in [3.8, 4) is 5.75 Å². The Morgan fingerprint density at radius 3 is 2.67 bits per heavy atom. The molecule has 1 rings (SSSR count). The number of anilines is 1. The highest BCUT2D eigenvalue weighted by Crippen LogP contribution is 2.24. The van der Waals surface area contributed by atoms with Crippen LogP contribution in [0.5, 0.6) is 5.75 Å². The van der Waals surface area contributed by atoms with Gasteiger partial charge >= 0.3 is 0 Å². The van der Waals surface area contributed by atoms with Crippen molar-refractivity contribution in [2.45, 2.75) is 27.2 Å². The smallest absolute Gasteiger partial charge is 0.122 e. The van der Waals surface area contributed by atoms with Crippen LogP contribution in [0.1, 0.15) is 25.8 Å². The van der Waals surface area contributed by atoms with Crippen LogP contribution in [0, 0.1) is 12.8 Å². The molecule has 0 spiro atoms. The first-order chi connectivity index (χ1) is 8.58. The SMILES string of the molecule is CCOc1ccc(N(C)CC(C)CCN)cc1C. The summed E-state index contributed by atoms with van der Waals surface area (Å²) in [6.45, 7) is 8.84. The molecule has 0 aliphatic carbocycles. The van der Waals surface area contributed by atoms with Gasteiger partial charge in [0.05, 0.1) is 6.61 Å². The van der Waals surface area contributed by atoms with E-state index in [1.165, 1.54) is 11.3 Å². The molecule has 0 aliphatic rings. The van der Waals surface area contributed by atoms with Crippen molar-refractivity contribution in [3.63, 3.8) is 0 Å². The van der Waals surface area contributed by atoms with Crippen molar-refractivity contribution in [3.05, 3.63) is 23.8 Å². The van der Waals surface area contributed by atoms with Gasteiger partial charge in [0.15, 0.2) is 0 Å². The highest BCUT2D eigenvalue weighted by atomic mass is 16.5. The van der Waals surface area contributed by atoms with Gasteiger partial charge in [-0.25, -0.2) is 0 Å². The van der Waals surface area contributed by atoms with E-state index < -0.39 is 0 Å². The highest BCUT2D eigenvalue weighted by molar-refractivity contribution is 5.52. The van der Waals surface area contributed by atoms with Gasteiger partial charge in [0.25, 0.3) is 0 Å². The summed E-state index contributed by atoms with van der Waals surface area (Å²) in [5.41, 5.74) is 8.01. The van der Waals surface area contributed by atoms with Gasteiger partial charge in [-0.1, -0.05) is 6.92 Å². The number of nitrogens with zero attached hydrogens (tertiary/aromatic N) is 1. The predicted octanol–water partition coefficient (Wildman–Crippen LogP) is 2.81. The number of hydrogen-bond acceptors (Lipinski definition) is 3. The van der Waals surface area contributed by atoms with Crippen LogP contribution in [-0.2, 0) is 0 Å². The fraction of sp³-hybridized carbons (Fsp3) is 0.600. The Morgan fingerprint density at radius 2 is 2.11 bits per heavy atom. The quantitative estimate of drug-likeness (QED) is 0.808. The largest absolute Gasteiger partial charge is 0.494 e. The minimum absolute atomic E-state index is 0.617. The molecule has 0 saturated heterocycles. The summed E-state index contributed by atoms with van der Waals surface area (Å²) in [5, 5.41) is 0. The van der Waals surface area contributed by atoms with Gasteiger partial charge in [0, 0.05) is 19.3 Å². The van der Waals surface area contributed by atoms with Crippen LogP contribution in [0.4, 0.5) is 5.69 Å². The van der Waals surface area contributed by atoms with E-state index in [0.717, 1.165) is 25.3 Å². The minimum atomic E-state index is 0.617. The molecule has 0 amide bonds. The molecule has 18 heavy (non-hydrogen) atoms. The number of benzene rings is 1. The van der Waals surface area contributed by atoms with E-state index >= 15 is 0 Å². The predicted molar refractivity (Wildman–Crippen MR) is 78.5 cm³/mol. The zero-order chi connectivity index (χ0) is 13.5. The number of rotatable bonds is 7. The third kappa shape index (κ3) is 4.22. The molecule has 0 saturated carbocycles. The van der Waals surface area contributed by atoms with Crippen LogP contribution >= 0.6 is 0 Å². The van der Waals surface area contributed by atoms with E-state index in [0.29, 0.717) is 12.5 Å². The summed E-state index contributed by atoms with van der Waals surface area (Å²) < 4.78 is 5.56. The molecule has 102 valence electrons. The second kappa shape index (κ2) is 7.27. The molecular formula is C15H26N2O. The van der Waals surface area contributed by atoms with E-state index in [1.807, 2.05) is 6.92 Å². The molecule has 0 radical (unpaired) electrons. The fourth-order valence-electron chi connectivity index (χ4n) is 2.14. The van der Waals surface area contributed by atoms with Crippen molar-refractivity contribution in [2.75, 3.05) is 31.6 Å². The summed E-state index contributed by atoms with van der Waals surface area (Å²) in [5.74, 6) is 1.59. The summed E-state index contributed by atoms with van der Waals surface area (Å²) in [6, 6.07) is 6.35. The van der Waals surface area contributed by atoms with Gasteiger partial charge in [-0.05, 0) is 56.5 Å². The number of ether oxygens (including phenoxy) is 1.